The first-order valence-corrected chi connectivity index (χ1v) is 13.5. The normalized spacial score (nSPS) is 13.4. The third-order valence-electron chi connectivity index (χ3n) is 3.56. The van der Waals surface area contributed by atoms with Crippen LogP contribution < -0.4 is 0 Å². The van der Waals surface area contributed by atoms with Crippen LogP contribution in [0.4, 0.5) is 13.2 Å². The number of hydrogen-bond acceptors (Lipinski definition) is 2. The largest absolute Gasteiger partial charge is 0.417 e. The molecule has 0 saturated heterocycles. The topological polar surface area (TPSA) is 54.4 Å². The van der Waals surface area contributed by atoms with Crippen molar-refractivity contribution >= 4 is 29.9 Å². The molecule has 0 amide bonds. The van der Waals surface area contributed by atoms with Gasteiger partial charge in [-0.1, -0.05) is 12.1 Å². The zero-order chi connectivity index (χ0) is 22.7. The molecular formula is C21H28F3IO3S. The molecule has 0 saturated carbocycles. The van der Waals surface area contributed by atoms with E-state index in [1.165, 1.54) is 0 Å². The van der Waals surface area contributed by atoms with Crippen LogP contribution in [-0.2, 0) is 16.3 Å². The van der Waals surface area contributed by atoms with Crippen molar-refractivity contribution in [2.24, 2.45) is 0 Å². The second-order valence-electron chi connectivity index (χ2n) is 8.18. The molecule has 0 unspecified atom stereocenters. The summed E-state index contributed by atoms with van der Waals surface area (Å²) in [6.45, 7) is 14.4. The van der Waals surface area contributed by atoms with Gasteiger partial charge in [-0.2, -0.15) is 21.6 Å². The van der Waals surface area contributed by atoms with Gasteiger partial charge in [0.25, 0.3) is 10.1 Å². The van der Waals surface area contributed by atoms with E-state index in [9.17, 15) is 21.6 Å². The molecule has 0 aliphatic heterocycles. The van der Waals surface area contributed by atoms with Crippen LogP contribution in [-0.4, -0.2) is 19.8 Å². The van der Waals surface area contributed by atoms with E-state index in [1.807, 2.05) is 0 Å². The third-order valence-corrected chi connectivity index (χ3v) is 12.9. The van der Waals surface area contributed by atoms with Gasteiger partial charge in [-0.05, 0) is 12.1 Å². The van der Waals surface area contributed by atoms with E-state index in [0.717, 1.165) is 12.1 Å². The summed E-state index contributed by atoms with van der Waals surface area (Å²) in [6.07, 6.45) is -4.80. The van der Waals surface area contributed by atoms with Crippen LogP contribution in [0.2, 0.25) is 0 Å². The fourth-order valence-electron chi connectivity index (χ4n) is 2.97. The molecule has 0 bridgehead atoms. The summed E-state index contributed by atoms with van der Waals surface area (Å²) in [5, 5.41) is 0. The van der Waals surface area contributed by atoms with Crippen LogP contribution in [0.15, 0.2) is 59.5 Å². The van der Waals surface area contributed by atoms with Crippen LogP contribution in [0.3, 0.4) is 0 Å². The maximum Gasteiger partial charge on any atom is 0.417 e. The zero-order valence-corrected chi connectivity index (χ0v) is 20.4. The number of hydrogen-bond donors (Lipinski definition) is 1. The van der Waals surface area contributed by atoms with Crippen molar-refractivity contribution in [3.8, 4) is 0 Å². The Hall–Kier alpha value is -1.13. The molecule has 0 aromatic heterocycles. The second-order valence-corrected chi connectivity index (χ2v) is 18.9. The molecule has 29 heavy (non-hydrogen) atoms. The monoisotopic (exact) mass is 544 g/mol. The molecule has 164 valence electrons. The van der Waals surface area contributed by atoms with E-state index in [1.54, 1.807) is 3.57 Å². The van der Waals surface area contributed by atoms with Crippen molar-refractivity contribution in [3.63, 3.8) is 0 Å². The molecule has 0 spiro atoms. The predicted molar refractivity (Wildman–Crippen MR) is 120 cm³/mol. The van der Waals surface area contributed by atoms with Crippen molar-refractivity contribution in [3.05, 3.63) is 63.7 Å². The Morgan fingerprint density at radius 1 is 0.759 bits per heavy atom. The van der Waals surface area contributed by atoms with Crippen LogP contribution in [0.1, 0.15) is 47.1 Å². The maximum absolute atomic E-state index is 12.2. The Morgan fingerprint density at radius 2 is 1.17 bits per heavy atom. The first-order chi connectivity index (χ1) is 13.0. The van der Waals surface area contributed by atoms with E-state index in [0.29, 0.717) is 19.0 Å². The molecule has 0 aliphatic carbocycles. The van der Waals surface area contributed by atoms with Gasteiger partial charge in [0.05, 0.1) is 5.56 Å². The van der Waals surface area contributed by atoms with Crippen molar-refractivity contribution in [2.75, 3.05) is 0 Å². The Bertz CT molecular complexity index is 883. The molecule has 0 aliphatic rings. The SMILES string of the molecule is CC(C)(C)I(c1ccccc1)C(C)(C)C.O=S(=O)(O)c1ccccc1C(F)(F)F. The van der Waals surface area contributed by atoms with E-state index in [-0.39, 0.29) is 0 Å². The van der Waals surface area contributed by atoms with E-state index >= 15 is 0 Å². The Balaban J connectivity index is 0.000000291. The van der Waals surface area contributed by atoms with Crippen LogP contribution in [0.25, 0.3) is 0 Å². The number of halogens is 4. The zero-order valence-electron chi connectivity index (χ0n) is 17.4. The molecule has 2 aromatic rings. The fourth-order valence-corrected chi connectivity index (χ4v) is 13.4. The summed E-state index contributed by atoms with van der Waals surface area (Å²) in [7, 11) is -4.84. The average Bonchev–Trinajstić information content (AvgIpc) is 2.52. The molecule has 1 N–H and O–H groups in total. The fraction of sp³-hybridized carbons (Fsp3) is 0.429. The molecule has 0 heterocycles. The van der Waals surface area contributed by atoms with Crippen molar-refractivity contribution < 1.29 is 26.1 Å². The van der Waals surface area contributed by atoms with E-state index < -0.39 is 46.6 Å². The van der Waals surface area contributed by atoms with Gasteiger partial charge >= 0.3 is 108 Å². The first kappa shape index (κ1) is 25.9. The molecule has 2 rings (SSSR count). The summed E-state index contributed by atoms with van der Waals surface area (Å²) in [5.74, 6) is 0. The quantitative estimate of drug-likeness (QED) is 0.254. The van der Waals surface area contributed by atoms with Crippen LogP contribution in [0, 0.1) is 3.57 Å². The van der Waals surface area contributed by atoms with Crippen LogP contribution in [0.5, 0.6) is 0 Å². The summed E-state index contributed by atoms with van der Waals surface area (Å²) in [6, 6.07) is 14.5. The maximum atomic E-state index is 12.2. The molecule has 0 radical (unpaired) electrons. The smallest absolute Gasteiger partial charge is 0.282 e. The second kappa shape index (κ2) is 9.34. The van der Waals surface area contributed by atoms with E-state index in [4.69, 9.17) is 4.55 Å². The van der Waals surface area contributed by atoms with E-state index in [2.05, 4.69) is 71.9 Å². The Kier molecular flexibility index (Phi) is 8.35. The minimum atomic E-state index is -4.84. The van der Waals surface area contributed by atoms with Crippen LogP contribution >= 0.6 is 19.8 Å². The van der Waals surface area contributed by atoms with Gasteiger partial charge in [0.2, 0.25) is 0 Å². The molecule has 8 heteroatoms. The first-order valence-electron chi connectivity index (χ1n) is 8.84. The van der Waals surface area contributed by atoms with Gasteiger partial charge in [-0.25, -0.2) is 0 Å². The van der Waals surface area contributed by atoms with Gasteiger partial charge in [-0.3, -0.25) is 4.55 Å². The summed E-state index contributed by atoms with van der Waals surface area (Å²) in [5.41, 5.74) is -1.37. The minimum absolute atomic E-state index is 0.462. The molecule has 2 aromatic carbocycles. The van der Waals surface area contributed by atoms with Gasteiger partial charge in [0.15, 0.2) is 0 Å². The summed E-state index contributed by atoms with van der Waals surface area (Å²) in [4.78, 5) is -1.13. The average molecular weight is 544 g/mol. The van der Waals surface area contributed by atoms with Crippen molar-refractivity contribution in [1.29, 1.82) is 0 Å². The third kappa shape index (κ3) is 7.90. The van der Waals surface area contributed by atoms with Gasteiger partial charge in [0.1, 0.15) is 4.90 Å². The van der Waals surface area contributed by atoms with Crippen molar-refractivity contribution in [1.82, 2.24) is 0 Å². The standard InChI is InChI=1S/C14H23I.C7H5F3O3S/c1-13(2,3)15(14(4,5)6)12-10-8-7-9-11-12;8-7(9,10)5-3-1-2-4-6(5)14(11,12)13/h7-11H,1-6H3;1-4H,(H,11,12,13). The molecule has 3 nitrogen and oxygen atoms in total. The Morgan fingerprint density at radius 3 is 1.52 bits per heavy atom. The van der Waals surface area contributed by atoms with Gasteiger partial charge < -0.3 is 0 Å². The molecule has 0 fully saturated rings. The van der Waals surface area contributed by atoms with Gasteiger partial charge in [-0.15, -0.1) is 0 Å². The summed E-state index contributed by atoms with van der Waals surface area (Å²) >= 11 is -1.17. The minimum Gasteiger partial charge on any atom is -0.282 e. The number of alkyl halides is 5. The number of benzene rings is 2. The Labute approximate surface area is 178 Å². The predicted octanol–water partition coefficient (Wildman–Crippen LogP) is 6.91. The van der Waals surface area contributed by atoms with Gasteiger partial charge in [0, 0.05) is 0 Å². The molecule has 0 atom stereocenters. The molecular weight excluding hydrogens is 516 g/mol. The summed E-state index contributed by atoms with van der Waals surface area (Å²) < 4.78 is 68.8. The van der Waals surface area contributed by atoms with Crippen molar-refractivity contribution in [2.45, 2.75) is 59.5 Å². The number of rotatable bonds is 2.